The number of benzene rings is 1. The van der Waals surface area contributed by atoms with Crippen LogP contribution in [0.15, 0.2) is 12.1 Å². The van der Waals surface area contributed by atoms with E-state index in [2.05, 4.69) is 5.32 Å². The first-order chi connectivity index (χ1) is 8.49. The number of carbonyl (C=O) groups excluding carboxylic acids is 1. The summed E-state index contributed by atoms with van der Waals surface area (Å²) in [6.45, 7) is 1.69. The van der Waals surface area contributed by atoms with Gasteiger partial charge in [0.05, 0.1) is 0 Å². The quantitative estimate of drug-likeness (QED) is 0.796. The topological polar surface area (TPSA) is 49.3 Å². The Balaban J connectivity index is 2.84. The van der Waals surface area contributed by atoms with Gasteiger partial charge >= 0.3 is 0 Å². The fourth-order valence-corrected chi connectivity index (χ4v) is 1.49. The lowest BCUT2D eigenvalue weighted by molar-refractivity contribution is 0.0928. The van der Waals surface area contributed by atoms with Gasteiger partial charge in [0.15, 0.2) is 17.5 Å². The van der Waals surface area contributed by atoms with Gasteiger partial charge in [-0.25, -0.2) is 13.2 Å². The maximum Gasteiger partial charge on any atom is 0.251 e. The minimum atomic E-state index is -1.60. The Labute approximate surface area is 103 Å². The Hall–Kier alpha value is -1.56. The number of aliphatic hydroxyl groups excluding tert-OH is 1. The van der Waals surface area contributed by atoms with E-state index in [1.54, 1.807) is 6.92 Å². The van der Waals surface area contributed by atoms with Crippen LogP contribution < -0.4 is 5.32 Å². The minimum Gasteiger partial charge on any atom is -0.396 e. The molecule has 1 rings (SSSR count). The molecule has 1 aromatic carbocycles. The molecule has 0 radical (unpaired) electrons. The van der Waals surface area contributed by atoms with Gasteiger partial charge in [0.25, 0.3) is 5.91 Å². The van der Waals surface area contributed by atoms with E-state index in [1.807, 2.05) is 0 Å². The third kappa shape index (κ3) is 3.46. The van der Waals surface area contributed by atoms with Crippen molar-refractivity contribution in [2.45, 2.75) is 25.8 Å². The van der Waals surface area contributed by atoms with Gasteiger partial charge in [0.1, 0.15) is 0 Å². The van der Waals surface area contributed by atoms with Crippen molar-refractivity contribution in [2.75, 3.05) is 6.61 Å². The molecular formula is C12H14F3NO2. The lowest BCUT2D eigenvalue weighted by Crippen LogP contribution is -2.35. The molecule has 18 heavy (non-hydrogen) atoms. The minimum absolute atomic E-state index is 0.106. The van der Waals surface area contributed by atoms with E-state index in [1.165, 1.54) is 0 Å². The Morgan fingerprint density at radius 1 is 1.33 bits per heavy atom. The van der Waals surface area contributed by atoms with Crippen molar-refractivity contribution >= 4 is 5.91 Å². The summed E-state index contributed by atoms with van der Waals surface area (Å²) >= 11 is 0. The monoisotopic (exact) mass is 261 g/mol. The van der Waals surface area contributed by atoms with Crippen molar-refractivity contribution in [3.63, 3.8) is 0 Å². The second kappa shape index (κ2) is 6.39. The van der Waals surface area contributed by atoms with Crippen molar-refractivity contribution in [3.8, 4) is 0 Å². The van der Waals surface area contributed by atoms with Gasteiger partial charge in [-0.2, -0.15) is 0 Å². The second-order valence-corrected chi connectivity index (χ2v) is 3.84. The van der Waals surface area contributed by atoms with Crippen LogP contribution in [0.5, 0.6) is 0 Å². The van der Waals surface area contributed by atoms with Gasteiger partial charge in [-0.15, -0.1) is 0 Å². The number of rotatable bonds is 5. The van der Waals surface area contributed by atoms with Gasteiger partial charge in [-0.05, 0) is 25.0 Å². The van der Waals surface area contributed by atoms with Crippen molar-refractivity contribution in [2.24, 2.45) is 0 Å². The molecular weight excluding hydrogens is 247 g/mol. The Kier molecular flexibility index (Phi) is 5.15. The van der Waals surface area contributed by atoms with Crippen LogP contribution in [0.25, 0.3) is 0 Å². The van der Waals surface area contributed by atoms with Gasteiger partial charge in [0, 0.05) is 18.2 Å². The molecule has 0 bridgehead atoms. The molecule has 0 saturated heterocycles. The zero-order valence-corrected chi connectivity index (χ0v) is 9.84. The molecule has 3 nitrogen and oxygen atoms in total. The summed E-state index contributed by atoms with van der Waals surface area (Å²) in [6.07, 6.45) is 0.910. The summed E-state index contributed by atoms with van der Waals surface area (Å²) in [5, 5.41) is 11.3. The first-order valence-corrected chi connectivity index (χ1v) is 5.55. The highest BCUT2D eigenvalue weighted by Crippen LogP contribution is 2.14. The fourth-order valence-electron chi connectivity index (χ4n) is 1.49. The van der Waals surface area contributed by atoms with Gasteiger partial charge in [-0.1, -0.05) is 6.92 Å². The SMILES string of the molecule is CCC(CCO)NC(=O)c1cc(F)c(F)c(F)c1. The maximum atomic E-state index is 12.9. The van der Waals surface area contributed by atoms with E-state index in [4.69, 9.17) is 5.11 Å². The molecule has 0 aliphatic carbocycles. The number of halogens is 3. The molecule has 0 spiro atoms. The average Bonchev–Trinajstić information content (AvgIpc) is 2.34. The molecule has 0 aliphatic rings. The van der Waals surface area contributed by atoms with Crippen molar-refractivity contribution in [1.29, 1.82) is 0 Å². The Bertz CT molecular complexity index is 414. The van der Waals surface area contributed by atoms with Crippen LogP contribution in [0, 0.1) is 17.5 Å². The molecule has 2 N–H and O–H groups in total. The Morgan fingerprint density at radius 3 is 2.33 bits per heavy atom. The molecule has 1 atom stereocenters. The van der Waals surface area contributed by atoms with Crippen molar-refractivity contribution < 1.29 is 23.1 Å². The summed E-state index contributed by atoms with van der Waals surface area (Å²) in [5.74, 6) is -5.12. The molecule has 1 aromatic rings. The van der Waals surface area contributed by atoms with Crippen LogP contribution in [0.2, 0.25) is 0 Å². The van der Waals surface area contributed by atoms with E-state index in [0.717, 1.165) is 0 Å². The summed E-state index contributed by atoms with van der Waals surface area (Å²) in [5.41, 5.74) is -0.289. The largest absolute Gasteiger partial charge is 0.396 e. The number of nitrogens with one attached hydrogen (secondary N) is 1. The number of aliphatic hydroxyl groups is 1. The molecule has 1 amide bonds. The van der Waals surface area contributed by atoms with Crippen LogP contribution in [-0.2, 0) is 0 Å². The number of amides is 1. The van der Waals surface area contributed by atoms with E-state index in [-0.39, 0.29) is 18.2 Å². The summed E-state index contributed by atoms with van der Waals surface area (Å²) in [7, 11) is 0. The van der Waals surface area contributed by atoms with Crippen molar-refractivity contribution in [1.82, 2.24) is 5.32 Å². The molecule has 0 saturated carbocycles. The number of hydrogen-bond donors (Lipinski definition) is 2. The first kappa shape index (κ1) is 14.5. The van der Waals surface area contributed by atoms with E-state index in [0.29, 0.717) is 25.0 Å². The fraction of sp³-hybridized carbons (Fsp3) is 0.417. The maximum absolute atomic E-state index is 12.9. The average molecular weight is 261 g/mol. The third-order valence-electron chi connectivity index (χ3n) is 2.55. The van der Waals surface area contributed by atoms with E-state index in [9.17, 15) is 18.0 Å². The first-order valence-electron chi connectivity index (χ1n) is 5.55. The highest BCUT2D eigenvalue weighted by molar-refractivity contribution is 5.94. The zero-order valence-electron chi connectivity index (χ0n) is 9.84. The predicted octanol–water partition coefficient (Wildman–Crippen LogP) is 1.99. The highest BCUT2D eigenvalue weighted by Gasteiger charge is 2.17. The third-order valence-corrected chi connectivity index (χ3v) is 2.55. The summed E-state index contributed by atoms with van der Waals surface area (Å²) in [6, 6.07) is 0.984. The molecule has 6 heteroatoms. The Morgan fingerprint density at radius 2 is 1.89 bits per heavy atom. The standard InChI is InChI=1S/C12H14F3NO2/c1-2-8(3-4-17)16-12(18)7-5-9(13)11(15)10(14)6-7/h5-6,8,17H,2-4H2,1H3,(H,16,18). The van der Waals surface area contributed by atoms with Gasteiger partial charge < -0.3 is 10.4 Å². The van der Waals surface area contributed by atoms with Crippen LogP contribution >= 0.6 is 0 Å². The summed E-state index contributed by atoms with van der Waals surface area (Å²) < 4.78 is 38.6. The summed E-state index contributed by atoms with van der Waals surface area (Å²) in [4.78, 5) is 11.7. The van der Waals surface area contributed by atoms with Crippen molar-refractivity contribution in [3.05, 3.63) is 35.1 Å². The molecule has 0 heterocycles. The van der Waals surface area contributed by atoms with E-state index < -0.39 is 23.4 Å². The predicted molar refractivity (Wildman–Crippen MR) is 59.6 cm³/mol. The lowest BCUT2D eigenvalue weighted by atomic mass is 10.1. The van der Waals surface area contributed by atoms with Crippen LogP contribution in [0.4, 0.5) is 13.2 Å². The molecule has 100 valence electrons. The zero-order chi connectivity index (χ0) is 13.7. The van der Waals surface area contributed by atoms with E-state index >= 15 is 0 Å². The molecule has 0 aliphatic heterocycles. The van der Waals surface area contributed by atoms with Crippen LogP contribution in [0.1, 0.15) is 30.1 Å². The second-order valence-electron chi connectivity index (χ2n) is 3.84. The molecule has 1 unspecified atom stereocenters. The number of hydrogen-bond acceptors (Lipinski definition) is 2. The molecule has 0 fully saturated rings. The molecule has 0 aromatic heterocycles. The van der Waals surface area contributed by atoms with Crippen LogP contribution in [-0.4, -0.2) is 23.7 Å². The van der Waals surface area contributed by atoms with Crippen LogP contribution in [0.3, 0.4) is 0 Å². The van der Waals surface area contributed by atoms with Gasteiger partial charge in [0.2, 0.25) is 0 Å². The highest BCUT2D eigenvalue weighted by atomic mass is 19.2. The lowest BCUT2D eigenvalue weighted by Gasteiger charge is -2.15. The van der Waals surface area contributed by atoms with Gasteiger partial charge in [-0.3, -0.25) is 4.79 Å². The smallest absolute Gasteiger partial charge is 0.251 e. The normalized spacial score (nSPS) is 12.3. The number of carbonyl (C=O) groups is 1.